The molecule has 4 atom stereocenters. The van der Waals surface area contributed by atoms with Crippen molar-refractivity contribution < 1.29 is 29.1 Å². The highest BCUT2D eigenvalue weighted by molar-refractivity contribution is 8.76. The molecule has 0 radical (unpaired) electrons. The van der Waals surface area contributed by atoms with E-state index in [-0.39, 0.29) is 68.1 Å². The average Bonchev–Trinajstić information content (AvgIpc) is 3.16. The minimum atomic E-state index is -1.15. The molecule has 3 aromatic carbocycles. The summed E-state index contributed by atoms with van der Waals surface area (Å²) in [5.74, 6) is -2.86. The molecule has 1 aliphatic rings. The maximum Gasteiger partial charge on any atom is 0.244 e. The molecule has 1 fully saturated rings. The second-order valence-corrected chi connectivity index (χ2v) is 15.5. The van der Waals surface area contributed by atoms with Gasteiger partial charge in [0.05, 0.1) is 6.54 Å². The van der Waals surface area contributed by atoms with Crippen molar-refractivity contribution in [1.82, 2.24) is 26.6 Å². The van der Waals surface area contributed by atoms with E-state index in [9.17, 15) is 29.1 Å². The normalized spacial score (nSPS) is 19.3. The number of carbonyl (C=O) groups is 5. The van der Waals surface area contributed by atoms with Crippen molar-refractivity contribution in [3.8, 4) is 5.75 Å². The van der Waals surface area contributed by atoms with Crippen LogP contribution in [0.5, 0.6) is 5.75 Å². The number of nitrogens with two attached hydrogens (primary N) is 4. The Labute approximate surface area is 332 Å². The molecule has 14 N–H and O–H groups in total. The number of benzene rings is 3. The number of hydrogen-bond acceptors (Lipinski definition) is 10. The zero-order chi connectivity index (χ0) is 40.5. The van der Waals surface area contributed by atoms with E-state index in [0.29, 0.717) is 12.8 Å². The summed E-state index contributed by atoms with van der Waals surface area (Å²) in [4.78, 5) is 76.1. The van der Waals surface area contributed by atoms with Crippen molar-refractivity contribution >= 4 is 73.8 Å². The van der Waals surface area contributed by atoms with Gasteiger partial charge in [0.15, 0.2) is 11.9 Å². The van der Waals surface area contributed by atoms with Crippen LogP contribution in [0.4, 0.5) is 0 Å². The van der Waals surface area contributed by atoms with Crippen molar-refractivity contribution in [2.45, 2.75) is 56.3 Å². The number of aliphatic imine (C=N–C) groups is 2. The highest BCUT2D eigenvalue weighted by Gasteiger charge is 2.32. The summed E-state index contributed by atoms with van der Waals surface area (Å²) >= 11 is 0. The van der Waals surface area contributed by atoms with E-state index >= 15 is 0 Å². The van der Waals surface area contributed by atoms with Gasteiger partial charge >= 0.3 is 0 Å². The zero-order valence-corrected chi connectivity index (χ0v) is 32.4. The SMILES string of the molecule is NC(N)=NCCC[C@@H]1NC(=O)[C@@H](NC(=O)CCN=C(N)N)CSSC[C@@H](C(=O)NCCc2ccc(O)cc2)NC(=O)[C@@H](Cc2ccc3ccccc3c2)NC1=O. The Kier molecular flexibility index (Phi) is 16.9. The lowest BCUT2D eigenvalue weighted by atomic mass is 10.00. The third kappa shape index (κ3) is 14.5. The minimum absolute atomic E-state index is 0.00204. The van der Waals surface area contributed by atoms with Crippen LogP contribution in [0.25, 0.3) is 10.8 Å². The topological polar surface area (TPSA) is 295 Å². The minimum Gasteiger partial charge on any atom is -0.508 e. The molecule has 0 bridgehead atoms. The molecule has 0 aromatic heterocycles. The molecule has 1 heterocycles. The number of amides is 5. The van der Waals surface area contributed by atoms with Crippen LogP contribution in [-0.4, -0.2) is 102 Å². The quantitative estimate of drug-likeness (QED) is 0.0427. The summed E-state index contributed by atoms with van der Waals surface area (Å²) < 4.78 is 0. The van der Waals surface area contributed by atoms with Gasteiger partial charge in [-0.25, -0.2) is 0 Å². The van der Waals surface area contributed by atoms with Gasteiger partial charge in [-0.3, -0.25) is 34.0 Å². The molecule has 4 rings (SSSR count). The molecule has 5 amide bonds. The first-order valence-electron chi connectivity index (χ1n) is 18.0. The van der Waals surface area contributed by atoms with E-state index in [0.717, 1.165) is 21.9 Å². The fourth-order valence-electron chi connectivity index (χ4n) is 5.67. The van der Waals surface area contributed by atoms with Crippen molar-refractivity contribution in [3.05, 3.63) is 77.9 Å². The first kappa shape index (κ1) is 43.0. The molecule has 0 spiro atoms. The summed E-state index contributed by atoms with van der Waals surface area (Å²) in [5.41, 5.74) is 23.4. The van der Waals surface area contributed by atoms with E-state index in [1.165, 1.54) is 21.6 Å². The number of nitrogens with zero attached hydrogens (tertiary/aromatic N) is 2. The van der Waals surface area contributed by atoms with Gasteiger partial charge < -0.3 is 54.6 Å². The number of aromatic hydroxyl groups is 1. The second-order valence-electron chi connectivity index (χ2n) is 13.0. The fraction of sp³-hybridized carbons (Fsp3) is 0.378. The van der Waals surface area contributed by atoms with Crippen LogP contribution < -0.4 is 49.5 Å². The zero-order valence-electron chi connectivity index (χ0n) is 30.7. The van der Waals surface area contributed by atoms with Crippen LogP contribution in [0.1, 0.15) is 30.4 Å². The highest BCUT2D eigenvalue weighted by atomic mass is 33.1. The Balaban J connectivity index is 1.61. The molecule has 300 valence electrons. The van der Waals surface area contributed by atoms with Crippen molar-refractivity contribution in [2.24, 2.45) is 32.9 Å². The van der Waals surface area contributed by atoms with Crippen LogP contribution in [0.15, 0.2) is 76.7 Å². The Morgan fingerprint density at radius 3 is 2.14 bits per heavy atom. The number of carbonyl (C=O) groups excluding carboxylic acids is 5. The number of phenols is 1. The monoisotopic (exact) mass is 807 g/mol. The molecule has 19 heteroatoms. The Hall–Kier alpha value is -5.69. The molecule has 17 nitrogen and oxygen atoms in total. The van der Waals surface area contributed by atoms with Gasteiger partial charge in [-0.15, -0.1) is 0 Å². The average molecular weight is 808 g/mol. The number of hydrogen-bond donors (Lipinski definition) is 10. The first-order chi connectivity index (χ1) is 26.9. The molecule has 56 heavy (non-hydrogen) atoms. The van der Waals surface area contributed by atoms with E-state index in [2.05, 4.69) is 36.6 Å². The largest absolute Gasteiger partial charge is 0.508 e. The van der Waals surface area contributed by atoms with Gasteiger partial charge in [0.1, 0.15) is 29.9 Å². The van der Waals surface area contributed by atoms with Crippen molar-refractivity contribution in [1.29, 1.82) is 0 Å². The standard InChI is InChI=1S/C37H49N11O6S2/c38-36(39)43-15-3-6-27-33(52)47-28(19-23-7-10-24-4-1-2-5-25(24)18-23)34(53)48-29(32(51)42-16-13-22-8-11-26(49)12-9-22)20-55-56-21-30(35(54)46-27)45-31(50)14-17-44-37(40)41/h1-2,4-5,7-12,18,27-30,49H,3,6,13-17,19-21H2,(H,42,51)(H,45,50)(H,46,54)(H,47,52)(H,48,53)(H4,38,39,43)(H4,40,41,44)/t27-,28+,29-,30-/m0/s1. The number of phenolic OH excluding ortho intramolecular Hbond substituents is 1. The summed E-state index contributed by atoms with van der Waals surface area (Å²) in [6.07, 6.45) is 0.834. The van der Waals surface area contributed by atoms with Crippen LogP contribution in [0.2, 0.25) is 0 Å². The van der Waals surface area contributed by atoms with Gasteiger partial charge in [-0.2, -0.15) is 0 Å². The fourth-order valence-corrected chi connectivity index (χ4v) is 7.99. The van der Waals surface area contributed by atoms with Crippen LogP contribution in [0, 0.1) is 0 Å². The number of rotatable bonds is 14. The maximum atomic E-state index is 14.1. The summed E-state index contributed by atoms with van der Waals surface area (Å²) in [5, 5.41) is 25.5. The second kappa shape index (κ2) is 22.0. The van der Waals surface area contributed by atoms with Gasteiger partial charge in [-0.1, -0.05) is 76.2 Å². The molecular weight excluding hydrogens is 759 g/mol. The van der Waals surface area contributed by atoms with Gasteiger partial charge in [0, 0.05) is 37.4 Å². The predicted octanol–water partition coefficient (Wildman–Crippen LogP) is -0.502. The third-order valence-electron chi connectivity index (χ3n) is 8.58. The lowest BCUT2D eigenvalue weighted by molar-refractivity contribution is -0.134. The number of fused-ring (bicyclic) bond motifs is 1. The van der Waals surface area contributed by atoms with Crippen LogP contribution in [-0.2, 0) is 36.8 Å². The Bertz CT molecular complexity index is 1890. The Morgan fingerprint density at radius 1 is 0.768 bits per heavy atom. The van der Waals surface area contributed by atoms with Gasteiger partial charge in [0.25, 0.3) is 0 Å². The van der Waals surface area contributed by atoms with E-state index < -0.39 is 53.7 Å². The molecule has 0 aliphatic carbocycles. The number of nitrogens with one attached hydrogen (secondary N) is 5. The first-order valence-corrected chi connectivity index (χ1v) is 20.5. The van der Waals surface area contributed by atoms with Crippen LogP contribution >= 0.6 is 21.6 Å². The Morgan fingerprint density at radius 2 is 1.41 bits per heavy atom. The number of guanidine groups is 2. The molecule has 0 saturated carbocycles. The van der Waals surface area contributed by atoms with E-state index in [1.54, 1.807) is 24.3 Å². The summed E-state index contributed by atoms with van der Waals surface area (Å²) in [6, 6.07) is 15.6. The van der Waals surface area contributed by atoms with Gasteiger partial charge in [-0.05, 0) is 53.3 Å². The predicted molar refractivity (Wildman–Crippen MR) is 220 cm³/mol. The van der Waals surface area contributed by atoms with E-state index in [1.807, 2.05) is 42.5 Å². The van der Waals surface area contributed by atoms with Crippen molar-refractivity contribution in [2.75, 3.05) is 31.1 Å². The molecule has 1 saturated heterocycles. The van der Waals surface area contributed by atoms with Crippen LogP contribution in [0.3, 0.4) is 0 Å². The van der Waals surface area contributed by atoms with Gasteiger partial charge in [0.2, 0.25) is 29.5 Å². The lowest BCUT2D eigenvalue weighted by Gasteiger charge is -2.27. The van der Waals surface area contributed by atoms with Crippen molar-refractivity contribution in [3.63, 3.8) is 0 Å². The smallest absolute Gasteiger partial charge is 0.244 e. The molecular formula is C37H49N11O6S2. The summed E-state index contributed by atoms with van der Waals surface area (Å²) in [6.45, 7) is 0.423. The lowest BCUT2D eigenvalue weighted by Crippen LogP contribution is -2.59. The molecule has 1 aliphatic heterocycles. The summed E-state index contributed by atoms with van der Waals surface area (Å²) in [7, 11) is 2.44. The molecule has 0 unspecified atom stereocenters. The highest BCUT2D eigenvalue weighted by Crippen LogP contribution is 2.24. The third-order valence-corrected chi connectivity index (χ3v) is 11.0. The molecule has 3 aromatic rings. The maximum absolute atomic E-state index is 14.1. The van der Waals surface area contributed by atoms with E-state index in [4.69, 9.17) is 22.9 Å².